The van der Waals surface area contributed by atoms with Gasteiger partial charge in [-0.05, 0) is 55.6 Å². The second-order valence-corrected chi connectivity index (χ2v) is 9.02. The van der Waals surface area contributed by atoms with E-state index >= 15 is 0 Å². The number of likely N-dealkylation sites (tertiary alicyclic amines) is 1. The van der Waals surface area contributed by atoms with Crippen LogP contribution >= 0.6 is 0 Å². The Morgan fingerprint density at radius 3 is 2.76 bits per heavy atom. The molecule has 1 aliphatic heterocycles. The van der Waals surface area contributed by atoms with Crippen molar-refractivity contribution >= 4 is 5.91 Å². The number of amides is 1. The highest BCUT2D eigenvalue weighted by atomic mass is 19.1. The molecule has 29 heavy (non-hydrogen) atoms. The molecule has 1 N–H and O–H groups in total. The Morgan fingerprint density at radius 1 is 1.24 bits per heavy atom. The largest absolute Gasteiger partial charge is 0.347 e. The first-order valence-electron chi connectivity index (χ1n) is 10.5. The van der Waals surface area contributed by atoms with Gasteiger partial charge in [-0.15, -0.1) is 0 Å². The van der Waals surface area contributed by atoms with Crippen LogP contribution in [0.1, 0.15) is 63.8 Å². The molecular formula is C24H32FN3O. The second-order valence-electron chi connectivity index (χ2n) is 9.02. The molecule has 5 heteroatoms. The van der Waals surface area contributed by atoms with Crippen LogP contribution in [0.5, 0.6) is 0 Å². The molecule has 0 saturated carbocycles. The lowest BCUT2D eigenvalue weighted by molar-refractivity contribution is -0.129. The van der Waals surface area contributed by atoms with Gasteiger partial charge in [0.15, 0.2) is 0 Å². The van der Waals surface area contributed by atoms with Crippen LogP contribution in [0.15, 0.2) is 48.7 Å². The summed E-state index contributed by atoms with van der Waals surface area (Å²) in [7, 11) is 0. The van der Waals surface area contributed by atoms with Crippen LogP contribution in [0.3, 0.4) is 0 Å². The summed E-state index contributed by atoms with van der Waals surface area (Å²) in [5.74, 6) is -0.166. The Labute approximate surface area is 173 Å². The summed E-state index contributed by atoms with van der Waals surface area (Å²) in [6, 6.07) is 12.9. The molecular weight excluding hydrogens is 365 g/mol. The van der Waals surface area contributed by atoms with Crippen LogP contribution in [0.4, 0.5) is 4.39 Å². The minimum absolute atomic E-state index is 0.0284. The van der Waals surface area contributed by atoms with Crippen molar-refractivity contribution in [3.63, 3.8) is 0 Å². The smallest absolute Gasteiger partial charge is 0.225 e. The Morgan fingerprint density at radius 2 is 2.07 bits per heavy atom. The highest BCUT2D eigenvalue weighted by Crippen LogP contribution is 2.28. The number of carbonyl (C=O) groups is 1. The van der Waals surface area contributed by atoms with Crippen LogP contribution in [0.25, 0.3) is 0 Å². The first-order chi connectivity index (χ1) is 13.8. The summed E-state index contributed by atoms with van der Waals surface area (Å²) < 4.78 is 13.6. The normalized spacial score (nSPS) is 19.0. The lowest BCUT2D eigenvalue weighted by atomic mass is 9.91. The van der Waals surface area contributed by atoms with Gasteiger partial charge in [0.2, 0.25) is 5.91 Å². The molecule has 1 amide bonds. The number of nitrogens with one attached hydrogen (secondary N) is 1. The van der Waals surface area contributed by atoms with Crippen molar-refractivity contribution in [2.45, 2.75) is 65.1 Å². The molecule has 2 heterocycles. The molecule has 4 nitrogen and oxygen atoms in total. The lowest BCUT2D eigenvalue weighted by Crippen LogP contribution is -2.44. The third-order valence-corrected chi connectivity index (χ3v) is 5.56. The lowest BCUT2D eigenvalue weighted by Gasteiger charge is -2.38. The minimum Gasteiger partial charge on any atom is -0.347 e. The number of piperidine rings is 1. The predicted molar refractivity (Wildman–Crippen MR) is 114 cm³/mol. The molecule has 3 rings (SSSR count). The number of carbonyl (C=O) groups excluding carboxylic acids is 1. The number of hydrogen-bond donors (Lipinski definition) is 1. The third-order valence-electron chi connectivity index (χ3n) is 5.56. The quantitative estimate of drug-likeness (QED) is 0.756. The first kappa shape index (κ1) is 21.4. The molecule has 0 radical (unpaired) electrons. The van der Waals surface area contributed by atoms with Crippen molar-refractivity contribution in [1.29, 1.82) is 0 Å². The third kappa shape index (κ3) is 6.10. The Kier molecular flexibility index (Phi) is 7.01. The van der Waals surface area contributed by atoms with Gasteiger partial charge in [-0.1, -0.05) is 45.4 Å². The predicted octanol–water partition coefficient (Wildman–Crippen LogP) is 4.87. The molecule has 2 aromatic rings. The van der Waals surface area contributed by atoms with Crippen molar-refractivity contribution in [2.75, 3.05) is 6.54 Å². The SMILES string of the molecule is CC(C)(C)C(=O)N[C@H](C[C@H]1CCCCN1Cc1cccc(F)c1)c1ccccn1. The second kappa shape index (κ2) is 9.49. The van der Waals surface area contributed by atoms with Gasteiger partial charge in [0.1, 0.15) is 5.82 Å². The van der Waals surface area contributed by atoms with E-state index in [4.69, 9.17) is 0 Å². The fourth-order valence-electron chi connectivity index (χ4n) is 3.89. The maximum Gasteiger partial charge on any atom is 0.225 e. The van der Waals surface area contributed by atoms with Crippen LogP contribution in [0, 0.1) is 11.2 Å². The first-order valence-corrected chi connectivity index (χ1v) is 10.5. The van der Waals surface area contributed by atoms with Crippen LogP contribution in [-0.2, 0) is 11.3 Å². The van der Waals surface area contributed by atoms with E-state index < -0.39 is 5.41 Å². The number of halogens is 1. The number of nitrogens with zero attached hydrogens (tertiary/aromatic N) is 2. The monoisotopic (exact) mass is 397 g/mol. The standard InChI is InChI=1S/C24H32FN3O/c1-24(2,3)23(29)27-22(21-12-4-6-13-26-21)16-20-11-5-7-14-28(20)17-18-9-8-10-19(25)15-18/h4,6,8-10,12-13,15,20,22H,5,7,11,14,16-17H2,1-3H3,(H,27,29)/t20-,22-/m1/s1. The zero-order valence-electron chi connectivity index (χ0n) is 17.7. The van der Waals surface area contributed by atoms with Crippen molar-refractivity contribution in [1.82, 2.24) is 15.2 Å². The van der Waals surface area contributed by atoms with E-state index in [1.807, 2.05) is 45.0 Å². The average Bonchev–Trinajstić information content (AvgIpc) is 2.69. The fourth-order valence-corrected chi connectivity index (χ4v) is 3.89. The summed E-state index contributed by atoms with van der Waals surface area (Å²) in [5, 5.41) is 3.23. The summed E-state index contributed by atoms with van der Waals surface area (Å²) in [6.45, 7) is 7.49. The number of benzene rings is 1. The van der Waals surface area contributed by atoms with Gasteiger partial charge in [-0.25, -0.2) is 4.39 Å². The van der Waals surface area contributed by atoms with Crippen LogP contribution in [0.2, 0.25) is 0 Å². The van der Waals surface area contributed by atoms with E-state index in [1.165, 1.54) is 12.5 Å². The molecule has 0 unspecified atom stereocenters. The summed E-state index contributed by atoms with van der Waals surface area (Å²) in [6.07, 6.45) is 5.97. The maximum atomic E-state index is 13.6. The van der Waals surface area contributed by atoms with E-state index in [0.29, 0.717) is 6.04 Å². The molecule has 0 bridgehead atoms. The van der Waals surface area contributed by atoms with E-state index in [0.717, 1.165) is 43.6 Å². The van der Waals surface area contributed by atoms with E-state index in [-0.39, 0.29) is 17.8 Å². The fraction of sp³-hybridized carbons (Fsp3) is 0.500. The minimum atomic E-state index is -0.457. The molecule has 0 aliphatic carbocycles. The molecule has 1 aromatic carbocycles. The number of aromatic nitrogens is 1. The number of rotatable bonds is 6. The van der Waals surface area contributed by atoms with Gasteiger partial charge in [0, 0.05) is 24.2 Å². The van der Waals surface area contributed by atoms with E-state index in [9.17, 15) is 9.18 Å². The molecule has 1 aromatic heterocycles. The van der Waals surface area contributed by atoms with Gasteiger partial charge in [0.25, 0.3) is 0 Å². The molecule has 0 spiro atoms. The van der Waals surface area contributed by atoms with E-state index in [1.54, 1.807) is 18.3 Å². The van der Waals surface area contributed by atoms with Crippen molar-refractivity contribution in [3.05, 3.63) is 65.7 Å². The van der Waals surface area contributed by atoms with Crippen molar-refractivity contribution in [3.8, 4) is 0 Å². The van der Waals surface area contributed by atoms with Crippen molar-refractivity contribution < 1.29 is 9.18 Å². The average molecular weight is 398 g/mol. The number of hydrogen-bond acceptors (Lipinski definition) is 3. The Hall–Kier alpha value is -2.27. The highest BCUT2D eigenvalue weighted by Gasteiger charge is 2.30. The van der Waals surface area contributed by atoms with Crippen LogP contribution in [-0.4, -0.2) is 28.4 Å². The van der Waals surface area contributed by atoms with Gasteiger partial charge in [-0.2, -0.15) is 0 Å². The molecule has 1 fully saturated rings. The van der Waals surface area contributed by atoms with Crippen molar-refractivity contribution in [2.24, 2.45) is 5.41 Å². The summed E-state index contributed by atoms with van der Waals surface area (Å²) >= 11 is 0. The maximum absolute atomic E-state index is 13.6. The number of pyridine rings is 1. The van der Waals surface area contributed by atoms with Gasteiger partial charge >= 0.3 is 0 Å². The summed E-state index contributed by atoms with van der Waals surface area (Å²) in [5.41, 5.74) is 1.42. The zero-order chi connectivity index (χ0) is 20.9. The zero-order valence-corrected chi connectivity index (χ0v) is 17.7. The Bertz CT molecular complexity index is 803. The molecule has 2 atom stereocenters. The van der Waals surface area contributed by atoms with Gasteiger partial charge < -0.3 is 5.32 Å². The van der Waals surface area contributed by atoms with Gasteiger partial charge in [-0.3, -0.25) is 14.7 Å². The van der Waals surface area contributed by atoms with Crippen LogP contribution < -0.4 is 5.32 Å². The molecule has 156 valence electrons. The molecule has 1 saturated heterocycles. The molecule has 1 aliphatic rings. The van der Waals surface area contributed by atoms with Gasteiger partial charge in [0.05, 0.1) is 11.7 Å². The highest BCUT2D eigenvalue weighted by molar-refractivity contribution is 5.81. The topological polar surface area (TPSA) is 45.2 Å². The summed E-state index contributed by atoms with van der Waals surface area (Å²) in [4.78, 5) is 19.7. The van der Waals surface area contributed by atoms with E-state index in [2.05, 4.69) is 15.2 Å². The Balaban J connectivity index is 1.77.